The Morgan fingerprint density at radius 1 is 0.896 bits per heavy atom. The molecule has 4 heterocycles. The summed E-state index contributed by atoms with van der Waals surface area (Å²) in [7, 11) is 0. The first-order valence-electron chi connectivity index (χ1n) is 23.3. The molecule has 3 fully saturated rings. The van der Waals surface area contributed by atoms with Gasteiger partial charge in [-0.15, -0.1) is 0 Å². The Morgan fingerprint density at radius 3 is 2.37 bits per heavy atom. The van der Waals surface area contributed by atoms with E-state index in [1.165, 1.54) is 18.2 Å². The number of hydrogen-bond donors (Lipinski definition) is 6. The van der Waals surface area contributed by atoms with E-state index in [0.717, 1.165) is 12.8 Å². The van der Waals surface area contributed by atoms with Crippen molar-refractivity contribution in [1.82, 2.24) is 0 Å². The first-order valence-corrected chi connectivity index (χ1v) is 23.7. The number of aromatic hydroxyl groups is 1. The van der Waals surface area contributed by atoms with Crippen molar-refractivity contribution < 1.29 is 83.0 Å². The maximum atomic E-state index is 14.7. The largest absolute Gasteiger partial charge is 0.507 e. The van der Waals surface area contributed by atoms with E-state index in [0.29, 0.717) is 37.7 Å². The maximum absolute atomic E-state index is 14.7. The molecule has 7 aliphatic rings. The molecule has 67 heavy (non-hydrogen) atoms. The van der Waals surface area contributed by atoms with Gasteiger partial charge in [-0.05, 0) is 95.2 Å². The van der Waals surface area contributed by atoms with Gasteiger partial charge in [0, 0.05) is 35.3 Å². The molecule has 3 aliphatic carbocycles. The summed E-state index contributed by atoms with van der Waals surface area (Å²) >= 11 is 6.15. The lowest BCUT2D eigenvalue weighted by atomic mass is 9.55. The molecule has 2 bridgehead atoms. The normalized spacial score (nSPS) is 41.6. The van der Waals surface area contributed by atoms with E-state index in [1.54, 1.807) is 33.8 Å². The van der Waals surface area contributed by atoms with Crippen molar-refractivity contribution in [3.63, 3.8) is 0 Å². The lowest BCUT2D eigenvalue weighted by molar-refractivity contribution is -0.343. The zero-order valence-electron chi connectivity index (χ0n) is 38.1. The standard InChI is InChI=1S/C49H61ClO17/c1-22-21-49-27(19-29(22)43(56)57)12-9-7-6-8-11-26-15-16-28-30(48(26,5)47(60)66-41(42(49)55)45(59)67-49)13-10-14-34(28)63-46-38(54)37(53)40(25(4)62-46)64-35-20-33(52)39(24(3)61-35)65-44(58)36-23(2)31(50)17-18-32(36)51/h9,12,15-19,22,24-28,30,33-35,37-40,46,51-55H,6-8,10-11,13-14,20-21H2,1-5H3,(H,56,57)/b12-9-/t22-,24-,25-,26-,27-,28+,30-,33-,34+,35+,37-,38?,39-,40-,46+,48-,49?/m1/s1. The number of carboxylic acid groups (broad SMARTS) is 1. The highest BCUT2D eigenvalue weighted by Crippen LogP contribution is 2.55. The first kappa shape index (κ1) is 49.1. The molecule has 4 aliphatic heterocycles. The summed E-state index contributed by atoms with van der Waals surface area (Å²) in [5.74, 6) is -7.70. The number of allylic oxidation sites excluding steroid dienone is 2. The van der Waals surface area contributed by atoms with Gasteiger partial charge in [0.2, 0.25) is 0 Å². The highest BCUT2D eigenvalue weighted by Gasteiger charge is 2.60. The summed E-state index contributed by atoms with van der Waals surface area (Å²) < 4.78 is 42.2. The zero-order valence-corrected chi connectivity index (χ0v) is 38.9. The van der Waals surface area contributed by atoms with Gasteiger partial charge in [-0.2, -0.15) is 0 Å². The topological polar surface area (TPSA) is 254 Å². The Kier molecular flexibility index (Phi) is 14.1. The monoisotopic (exact) mass is 956 g/mol. The van der Waals surface area contributed by atoms with E-state index in [2.05, 4.69) is 0 Å². The molecule has 1 aromatic carbocycles. The Morgan fingerprint density at radius 2 is 1.64 bits per heavy atom. The molecule has 0 radical (unpaired) electrons. The Balaban J connectivity index is 0.950. The van der Waals surface area contributed by atoms with Crippen LogP contribution in [0.2, 0.25) is 5.02 Å². The number of carboxylic acids is 1. The van der Waals surface area contributed by atoms with E-state index in [9.17, 15) is 49.8 Å². The molecule has 1 aromatic rings. The lowest BCUT2D eigenvalue weighted by Gasteiger charge is -2.51. The van der Waals surface area contributed by atoms with Crippen molar-refractivity contribution in [3.05, 3.63) is 75.8 Å². The second-order valence-electron chi connectivity index (χ2n) is 19.5. The number of halogens is 1. The zero-order chi connectivity index (χ0) is 48.3. The smallest absolute Gasteiger partial charge is 0.379 e. The second-order valence-corrected chi connectivity index (χ2v) is 19.9. The van der Waals surface area contributed by atoms with Gasteiger partial charge in [-0.1, -0.05) is 61.7 Å². The minimum atomic E-state index is -1.65. The van der Waals surface area contributed by atoms with Crippen molar-refractivity contribution >= 4 is 35.5 Å². The van der Waals surface area contributed by atoms with Crippen LogP contribution in [0.25, 0.3) is 0 Å². The number of aliphatic carboxylic acids is 1. The van der Waals surface area contributed by atoms with Crippen molar-refractivity contribution in [2.45, 2.75) is 159 Å². The lowest BCUT2D eigenvalue weighted by Crippen LogP contribution is -2.61. The minimum Gasteiger partial charge on any atom is -0.507 e. The van der Waals surface area contributed by atoms with Gasteiger partial charge in [-0.25, -0.2) is 14.4 Å². The molecule has 1 spiro atoms. The van der Waals surface area contributed by atoms with Crippen LogP contribution in [-0.2, 0) is 47.5 Å². The predicted molar refractivity (Wildman–Crippen MR) is 235 cm³/mol. The summed E-state index contributed by atoms with van der Waals surface area (Å²) in [6.45, 7) is 8.26. The third kappa shape index (κ3) is 8.95. The van der Waals surface area contributed by atoms with Crippen LogP contribution in [0.3, 0.4) is 0 Å². The van der Waals surface area contributed by atoms with Crippen molar-refractivity contribution in [2.75, 3.05) is 0 Å². The van der Waals surface area contributed by atoms with Gasteiger partial charge in [0.05, 0.1) is 29.8 Å². The number of rotatable bonds is 7. The van der Waals surface area contributed by atoms with E-state index >= 15 is 0 Å². The number of aliphatic hydroxyl groups is 4. The molecule has 1 saturated carbocycles. The fourth-order valence-electron chi connectivity index (χ4n) is 11.5. The van der Waals surface area contributed by atoms with Gasteiger partial charge in [0.15, 0.2) is 30.0 Å². The molecule has 18 heteroatoms. The summed E-state index contributed by atoms with van der Waals surface area (Å²) in [6.07, 6.45) is 2.05. The van der Waals surface area contributed by atoms with Gasteiger partial charge in [-0.3, -0.25) is 4.79 Å². The number of carbonyl (C=O) groups is 4. The predicted octanol–water partition coefficient (Wildman–Crippen LogP) is 5.63. The molecule has 17 atom stereocenters. The Labute approximate surface area is 393 Å². The summed E-state index contributed by atoms with van der Waals surface area (Å²) in [5.41, 5.74) is -2.56. The molecular weight excluding hydrogens is 896 g/mol. The molecule has 17 nitrogen and oxygen atoms in total. The van der Waals surface area contributed by atoms with Gasteiger partial charge in [0.1, 0.15) is 29.6 Å². The molecule has 366 valence electrons. The summed E-state index contributed by atoms with van der Waals surface area (Å²) in [6, 6.07) is 2.71. The van der Waals surface area contributed by atoms with Crippen LogP contribution in [0, 0.1) is 41.9 Å². The number of aliphatic hydroxyl groups excluding tert-OH is 4. The molecule has 0 aromatic heterocycles. The van der Waals surface area contributed by atoms with E-state index in [4.69, 9.17) is 44.8 Å². The van der Waals surface area contributed by atoms with Crippen molar-refractivity contribution in [3.8, 4) is 5.75 Å². The average Bonchev–Trinajstić information content (AvgIpc) is 3.50. The van der Waals surface area contributed by atoms with Gasteiger partial charge in [0.25, 0.3) is 5.76 Å². The second kappa shape index (κ2) is 19.2. The molecule has 2 saturated heterocycles. The van der Waals surface area contributed by atoms with Crippen molar-refractivity contribution in [1.29, 1.82) is 0 Å². The number of phenols is 1. The SMILES string of the molecule is Cc1c(Cl)ccc(O)c1C(=O)O[C@H]1[C@H](O)C[C@H](O[C@H]2[C@H](O)C(O)[C@H](O[C@H]3CCC[C@@H]4[C@@H]3C=C[C@H]3CCCC/C=C\[C@@H]5C=C(C(=O)O)[C@H](C)CC56OC(=O)C(=C6O)OC(=O)[C@@]43C)O[C@@H]2C)O[C@@H]1C. The fraction of sp³-hybridized carbons (Fsp3) is 0.633. The van der Waals surface area contributed by atoms with E-state index < -0.39 is 120 Å². The Hall–Kier alpha value is -4.33. The third-order valence-corrected chi connectivity index (χ3v) is 15.7. The molecular formula is C49H61ClO17. The van der Waals surface area contributed by atoms with Crippen LogP contribution in [0.15, 0.2) is 59.6 Å². The number of phenolic OH excluding ortho intramolecular Hbond substituents is 1. The third-order valence-electron chi connectivity index (χ3n) is 15.3. The summed E-state index contributed by atoms with van der Waals surface area (Å²) in [4.78, 5) is 53.5. The van der Waals surface area contributed by atoms with Crippen LogP contribution in [0.1, 0.15) is 101 Å². The quantitative estimate of drug-likeness (QED) is 0.110. The van der Waals surface area contributed by atoms with Crippen LogP contribution in [0.5, 0.6) is 5.75 Å². The fourth-order valence-corrected chi connectivity index (χ4v) is 11.7. The number of esters is 3. The maximum Gasteiger partial charge on any atom is 0.379 e. The summed E-state index contributed by atoms with van der Waals surface area (Å²) in [5, 5.41) is 66.3. The number of hydrogen-bond acceptors (Lipinski definition) is 16. The Bertz CT molecular complexity index is 2230. The minimum absolute atomic E-state index is 0.0323. The number of benzene rings is 1. The number of fused-ring (bicyclic) bond motifs is 3. The van der Waals surface area contributed by atoms with E-state index in [1.807, 2.05) is 25.2 Å². The van der Waals surface area contributed by atoms with Crippen LogP contribution in [-0.4, -0.2) is 122 Å². The van der Waals surface area contributed by atoms with E-state index in [-0.39, 0.29) is 52.5 Å². The molecule has 0 amide bonds. The van der Waals surface area contributed by atoms with Crippen molar-refractivity contribution in [2.24, 2.45) is 35.0 Å². The van der Waals surface area contributed by atoms with Crippen LogP contribution < -0.4 is 0 Å². The number of carbonyl (C=O) groups excluding carboxylic acids is 3. The van der Waals surface area contributed by atoms with Crippen LogP contribution >= 0.6 is 11.6 Å². The first-order chi connectivity index (χ1) is 31.8. The van der Waals surface area contributed by atoms with Gasteiger partial charge >= 0.3 is 23.9 Å². The molecule has 8 rings (SSSR count). The molecule has 6 N–H and O–H groups in total. The van der Waals surface area contributed by atoms with Crippen LogP contribution in [0.4, 0.5) is 0 Å². The average molecular weight is 957 g/mol. The number of ether oxygens (including phenoxy) is 7. The highest BCUT2D eigenvalue weighted by atomic mass is 35.5. The van der Waals surface area contributed by atoms with Gasteiger partial charge < -0.3 is 63.8 Å². The molecule has 2 unspecified atom stereocenters. The highest BCUT2D eigenvalue weighted by molar-refractivity contribution is 6.32.